The molecule has 4 nitrogen and oxygen atoms in total. The van der Waals surface area contributed by atoms with Crippen molar-refractivity contribution in [2.24, 2.45) is 5.92 Å². The maximum atomic E-state index is 11.6. The first-order valence-corrected chi connectivity index (χ1v) is 6.55. The lowest BCUT2D eigenvalue weighted by atomic mass is 10.0. The van der Waals surface area contributed by atoms with Gasteiger partial charge in [0.1, 0.15) is 6.04 Å². The van der Waals surface area contributed by atoms with E-state index < -0.39 is 12.0 Å². The van der Waals surface area contributed by atoms with Crippen molar-refractivity contribution in [3.05, 3.63) is 35.9 Å². The van der Waals surface area contributed by atoms with Gasteiger partial charge in [-0.2, -0.15) is 0 Å². The quantitative estimate of drug-likeness (QED) is 0.792. The number of amides is 1. The molecular weight excluding hydrogens is 242 g/mol. The van der Waals surface area contributed by atoms with E-state index in [-0.39, 0.29) is 11.8 Å². The van der Waals surface area contributed by atoms with Crippen LogP contribution in [0.4, 0.5) is 0 Å². The lowest BCUT2D eigenvalue weighted by Gasteiger charge is -2.15. The average Bonchev–Trinajstić information content (AvgIpc) is 2.34. The van der Waals surface area contributed by atoms with Gasteiger partial charge >= 0.3 is 5.97 Å². The fourth-order valence-corrected chi connectivity index (χ4v) is 1.84. The largest absolute Gasteiger partial charge is 0.480 e. The van der Waals surface area contributed by atoms with Crippen LogP contribution in [0.1, 0.15) is 32.3 Å². The fourth-order valence-electron chi connectivity index (χ4n) is 1.84. The van der Waals surface area contributed by atoms with Gasteiger partial charge < -0.3 is 10.4 Å². The van der Waals surface area contributed by atoms with Gasteiger partial charge in [-0.15, -0.1) is 0 Å². The minimum atomic E-state index is -0.979. The SMILES string of the molecule is CC(C)CC(=O)N[C@H](CCc1ccccc1)C(=O)O. The van der Waals surface area contributed by atoms with Crippen molar-refractivity contribution >= 4 is 11.9 Å². The van der Waals surface area contributed by atoms with E-state index in [1.807, 2.05) is 44.2 Å². The molecule has 0 heterocycles. The summed E-state index contributed by atoms with van der Waals surface area (Å²) in [7, 11) is 0. The Balaban J connectivity index is 2.49. The Morgan fingerprint density at radius 2 is 1.84 bits per heavy atom. The molecule has 0 unspecified atom stereocenters. The molecule has 0 bridgehead atoms. The smallest absolute Gasteiger partial charge is 0.326 e. The Kier molecular flexibility index (Phi) is 6.06. The van der Waals surface area contributed by atoms with Crippen LogP contribution < -0.4 is 5.32 Å². The second kappa shape index (κ2) is 7.56. The molecule has 0 radical (unpaired) electrons. The Bertz CT molecular complexity index is 415. The summed E-state index contributed by atoms with van der Waals surface area (Å²) in [6.45, 7) is 3.86. The molecule has 1 atom stereocenters. The van der Waals surface area contributed by atoms with Crippen molar-refractivity contribution < 1.29 is 14.7 Å². The standard InChI is InChI=1S/C15H21NO3/c1-11(2)10-14(17)16-13(15(18)19)9-8-12-6-4-3-5-7-12/h3-7,11,13H,8-10H2,1-2H3,(H,16,17)(H,18,19)/t13-/m1/s1. The lowest BCUT2D eigenvalue weighted by Crippen LogP contribution is -2.41. The van der Waals surface area contributed by atoms with Crippen molar-refractivity contribution in [2.75, 3.05) is 0 Å². The summed E-state index contributed by atoms with van der Waals surface area (Å²) >= 11 is 0. The lowest BCUT2D eigenvalue weighted by molar-refractivity contribution is -0.142. The van der Waals surface area contributed by atoms with Crippen molar-refractivity contribution in [1.82, 2.24) is 5.32 Å². The highest BCUT2D eigenvalue weighted by Gasteiger charge is 2.19. The van der Waals surface area contributed by atoms with Crippen LogP contribution in [0, 0.1) is 5.92 Å². The summed E-state index contributed by atoms with van der Waals surface area (Å²) in [5.74, 6) is -0.952. The molecular formula is C15H21NO3. The molecule has 0 spiro atoms. The maximum Gasteiger partial charge on any atom is 0.326 e. The van der Waals surface area contributed by atoms with Crippen LogP contribution in [0.3, 0.4) is 0 Å². The third kappa shape index (κ3) is 6.04. The van der Waals surface area contributed by atoms with Gasteiger partial charge in [0.2, 0.25) is 5.91 Å². The highest BCUT2D eigenvalue weighted by molar-refractivity contribution is 5.83. The molecule has 0 aliphatic carbocycles. The Morgan fingerprint density at radius 1 is 1.21 bits per heavy atom. The number of rotatable bonds is 7. The van der Waals surface area contributed by atoms with Gasteiger partial charge in [-0.25, -0.2) is 4.79 Å². The van der Waals surface area contributed by atoms with Crippen molar-refractivity contribution in [3.63, 3.8) is 0 Å². The van der Waals surface area contributed by atoms with Crippen LogP contribution in [0.2, 0.25) is 0 Å². The zero-order valence-electron chi connectivity index (χ0n) is 11.4. The van der Waals surface area contributed by atoms with E-state index >= 15 is 0 Å². The molecule has 1 amide bonds. The minimum absolute atomic E-state index is 0.199. The number of carbonyl (C=O) groups excluding carboxylic acids is 1. The fraction of sp³-hybridized carbons (Fsp3) is 0.467. The third-order valence-electron chi connectivity index (χ3n) is 2.79. The van der Waals surface area contributed by atoms with E-state index in [2.05, 4.69) is 5.32 Å². The molecule has 1 aromatic rings. The van der Waals surface area contributed by atoms with Crippen LogP contribution in [-0.2, 0) is 16.0 Å². The third-order valence-corrected chi connectivity index (χ3v) is 2.79. The second-order valence-corrected chi connectivity index (χ2v) is 5.08. The first-order valence-electron chi connectivity index (χ1n) is 6.55. The first kappa shape index (κ1) is 15.2. The van der Waals surface area contributed by atoms with Crippen LogP contribution in [0.15, 0.2) is 30.3 Å². The molecule has 4 heteroatoms. The van der Waals surface area contributed by atoms with Crippen molar-refractivity contribution in [3.8, 4) is 0 Å². The van der Waals surface area contributed by atoms with Crippen LogP contribution in [-0.4, -0.2) is 23.0 Å². The van der Waals surface area contributed by atoms with E-state index in [9.17, 15) is 9.59 Å². The van der Waals surface area contributed by atoms with E-state index in [1.54, 1.807) is 0 Å². The molecule has 0 aliphatic heterocycles. The molecule has 0 aromatic heterocycles. The molecule has 0 aliphatic rings. The first-order chi connectivity index (χ1) is 8.99. The van der Waals surface area contributed by atoms with Crippen LogP contribution in [0.5, 0.6) is 0 Å². The molecule has 1 aromatic carbocycles. The Morgan fingerprint density at radius 3 is 2.37 bits per heavy atom. The minimum Gasteiger partial charge on any atom is -0.480 e. The van der Waals surface area contributed by atoms with Crippen molar-refractivity contribution in [2.45, 2.75) is 39.2 Å². The summed E-state index contributed by atoms with van der Waals surface area (Å²) in [6, 6.07) is 8.85. The predicted molar refractivity (Wildman–Crippen MR) is 73.8 cm³/mol. The summed E-state index contributed by atoms with van der Waals surface area (Å²) in [5.41, 5.74) is 1.08. The summed E-state index contributed by atoms with van der Waals surface area (Å²) < 4.78 is 0. The number of hydrogen-bond donors (Lipinski definition) is 2. The molecule has 0 fully saturated rings. The van der Waals surface area contributed by atoms with Gasteiger partial charge in [0.25, 0.3) is 0 Å². The van der Waals surface area contributed by atoms with Gasteiger partial charge in [-0.1, -0.05) is 44.2 Å². The van der Waals surface area contributed by atoms with Gasteiger partial charge in [0, 0.05) is 6.42 Å². The molecule has 1 rings (SSSR count). The zero-order chi connectivity index (χ0) is 14.3. The highest BCUT2D eigenvalue weighted by Crippen LogP contribution is 2.06. The Labute approximate surface area is 113 Å². The molecule has 19 heavy (non-hydrogen) atoms. The average molecular weight is 263 g/mol. The van der Waals surface area contributed by atoms with E-state index in [0.717, 1.165) is 5.56 Å². The number of aryl methyl sites for hydroxylation is 1. The highest BCUT2D eigenvalue weighted by atomic mass is 16.4. The number of carbonyl (C=O) groups is 2. The van der Waals surface area contributed by atoms with E-state index in [0.29, 0.717) is 19.3 Å². The topological polar surface area (TPSA) is 66.4 Å². The Hall–Kier alpha value is -1.84. The summed E-state index contributed by atoms with van der Waals surface area (Å²) in [5, 5.41) is 11.7. The van der Waals surface area contributed by atoms with E-state index in [1.165, 1.54) is 0 Å². The van der Waals surface area contributed by atoms with Gasteiger partial charge in [-0.3, -0.25) is 4.79 Å². The number of carboxylic acid groups (broad SMARTS) is 1. The van der Waals surface area contributed by atoms with Crippen LogP contribution in [0.25, 0.3) is 0 Å². The van der Waals surface area contributed by atoms with Gasteiger partial charge in [0.05, 0.1) is 0 Å². The number of benzene rings is 1. The molecule has 0 saturated carbocycles. The zero-order valence-corrected chi connectivity index (χ0v) is 11.4. The monoisotopic (exact) mass is 263 g/mol. The normalized spacial score (nSPS) is 12.2. The summed E-state index contributed by atoms with van der Waals surface area (Å²) in [4.78, 5) is 22.7. The number of hydrogen-bond acceptors (Lipinski definition) is 2. The molecule has 2 N–H and O–H groups in total. The van der Waals surface area contributed by atoms with Gasteiger partial charge in [0.15, 0.2) is 0 Å². The van der Waals surface area contributed by atoms with E-state index in [4.69, 9.17) is 5.11 Å². The van der Waals surface area contributed by atoms with Crippen LogP contribution >= 0.6 is 0 Å². The second-order valence-electron chi connectivity index (χ2n) is 5.08. The summed E-state index contributed by atoms with van der Waals surface area (Å²) in [6.07, 6.45) is 1.40. The molecule has 0 saturated heterocycles. The number of nitrogens with one attached hydrogen (secondary N) is 1. The van der Waals surface area contributed by atoms with Crippen molar-refractivity contribution in [1.29, 1.82) is 0 Å². The number of aliphatic carboxylic acids is 1. The predicted octanol–water partition coefficient (Wildman–Crippen LogP) is 2.23. The number of carboxylic acids is 1. The maximum absolute atomic E-state index is 11.6. The van der Waals surface area contributed by atoms with Gasteiger partial charge in [-0.05, 0) is 24.3 Å². The molecule has 104 valence electrons.